The predicted molar refractivity (Wildman–Crippen MR) is 106 cm³/mol. The zero-order chi connectivity index (χ0) is 19.1. The van der Waals surface area contributed by atoms with Gasteiger partial charge in [0.1, 0.15) is 6.33 Å². The van der Waals surface area contributed by atoms with Crippen molar-refractivity contribution in [3.63, 3.8) is 0 Å². The number of hydrogen-bond donors (Lipinski definition) is 2. The van der Waals surface area contributed by atoms with E-state index in [4.69, 9.17) is 0 Å². The van der Waals surface area contributed by atoms with Crippen LogP contribution in [0.4, 0.5) is 17.3 Å². The highest BCUT2D eigenvalue weighted by Gasteiger charge is 2.22. The van der Waals surface area contributed by atoms with Crippen LogP contribution < -0.4 is 10.6 Å². The summed E-state index contributed by atoms with van der Waals surface area (Å²) < 4.78 is 0. The van der Waals surface area contributed by atoms with Crippen molar-refractivity contribution in [2.75, 3.05) is 36.8 Å². The van der Waals surface area contributed by atoms with E-state index < -0.39 is 4.92 Å². The second kappa shape index (κ2) is 9.27. The van der Waals surface area contributed by atoms with Gasteiger partial charge in [0.25, 0.3) is 0 Å². The van der Waals surface area contributed by atoms with Crippen molar-refractivity contribution < 1.29 is 4.92 Å². The summed E-state index contributed by atoms with van der Waals surface area (Å²) in [5.74, 6) is 0.495. The van der Waals surface area contributed by atoms with Crippen LogP contribution in [0, 0.1) is 17.0 Å². The molecule has 0 unspecified atom stereocenters. The highest BCUT2D eigenvalue weighted by Crippen LogP contribution is 2.29. The Balaban J connectivity index is 1.64. The zero-order valence-electron chi connectivity index (χ0n) is 15.6. The van der Waals surface area contributed by atoms with E-state index in [1.165, 1.54) is 31.2 Å². The molecule has 3 rings (SSSR count). The van der Waals surface area contributed by atoms with Gasteiger partial charge in [-0.15, -0.1) is 0 Å². The minimum atomic E-state index is -0.430. The molecule has 144 valence electrons. The van der Waals surface area contributed by atoms with Crippen LogP contribution in [0.1, 0.15) is 30.4 Å². The van der Waals surface area contributed by atoms with Gasteiger partial charge < -0.3 is 15.5 Å². The Kier molecular flexibility index (Phi) is 6.54. The minimum absolute atomic E-state index is 0.108. The highest BCUT2D eigenvalue weighted by atomic mass is 16.6. The molecule has 8 heteroatoms. The first-order valence-electron chi connectivity index (χ1n) is 9.38. The Bertz CT molecular complexity index is 759. The number of nitro groups is 1. The molecule has 1 aromatic carbocycles. The number of aryl methyl sites for hydroxylation is 1. The minimum Gasteiger partial charge on any atom is -0.363 e. The quantitative estimate of drug-likeness (QED) is 0.544. The second-order valence-corrected chi connectivity index (χ2v) is 6.84. The lowest BCUT2D eigenvalue weighted by atomic mass is 10.1. The second-order valence-electron chi connectivity index (χ2n) is 6.84. The van der Waals surface area contributed by atoms with Crippen LogP contribution in [0.5, 0.6) is 0 Å². The molecule has 0 aliphatic carbocycles. The fraction of sp³-hybridized carbons (Fsp3) is 0.474. The lowest BCUT2D eigenvalue weighted by Crippen LogP contribution is -2.33. The summed E-state index contributed by atoms with van der Waals surface area (Å²) in [4.78, 5) is 21.7. The van der Waals surface area contributed by atoms with Gasteiger partial charge in [-0.25, -0.2) is 9.97 Å². The van der Waals surface area contributed by atoms with Crippen LogP contribution in [0.15, 0.2) is 30.6 Å². The Labute approximate surface area is 159 Å². The monoisotopic (exact) mass is 370 g/mol. The Hall–Kier alpha value is -2.74. The van der Waals surface area contributed by atoms with Crippen LogP contribution in [-0.2, 0) is 6.54 Å². The van der Waals surface area contributed by atoms with Gasteiger partial charge in [-0.05, 0) is 38.4 Å². The fourth-order valence-electron chi connectivity index (χ4n) is 3.22. The van der Waals surface area contributed by atoms with Crippen molar-refractivity contribution in [1.82, 2.24) is 14.9 Å². The molecule has 0 radical (unpaired) electrons. The highest BCUT2D eigenvalue weighted by molar-refractivity contribution is 5.69. The number of likely N-dealkylation sites (tertiary alicyclic amines) is 1. The average Bonchev–Trinajstić information content (AvgIpc) is 2.68. The summed E-state index contributed by atoms with van der Waals surface area (Å²) in [6, 6.07) is 8.01. The third kappa shape index (κ3) is 5.37. The summed E-state index contributed by atoms with van der Waals surface area (Å²) >= 11 is 0. The van der Waals surface area contributed by atoms with Gasteiger partial charge in [-0.1, -0.05) is 36.2 Å². The first-order chi connectivity index (χ1) is 13.1. The van der Waals surface area contributed by atoms with Gasteiger partial charge in [-0.3, -0.25) is 10.1 Å². The van der Waals surface area contributed by atoms with Crippen molar-refractivity contribution in [3.05, 3.63) is 51.8 Å². The summed E-state index contributed by atoms with van der Waals surface area (Å²) in [7, 11) is 0. The van der Waals surface area contributed by atoms with Crippen molar-refractivity contribution in [3.8, 4) is 0 Å². The number of nitrogens with zero attached hydrogens (tertiary/aromatic N) is 4. The summed E-state index contributed by atoms with van der Waals surface area (Å²) in [5, 5.41) is 17.8. The first kappa shape index (κ1) is 19.0. The molecule has 1 fully saturated rings. The van der Waals surface area contributed by atoms with Crippen LogP contribution in [0.25, 0.3) is 0 Å². The topological polar surface area (TPSA) is 96.2 Å². The number of rotatable bonds is 8. The number of hydrogen-bond acceptors (Lipinski definition) is 7. The van der Waals surface area contributed by atoms with Crippen molar-refractivity contribution in [2.24, 2.45) is 0 Å². The maximum absolute atomic E-state index is 11.6. The third-order valence-electron chi connectivity index (χ3n) is 4.75. The van der Waals surface area contributed by atoms with E-state index in [0.717, 1.165) is 25.2 Å². The molecule has 8 nitrogen and oxygen atoms in total. The van der Waals surface area contributed by atoms with Crippen LogP contribution in [-0.4, -0.2) is 46.0 Å². The van der Waals surface area contributed by atoms with E-state index in [9.17, 15) is 10.1 Å². The van der Waals surface area contributed by atoms with Gasteiger partial charge in [0, 0.05) is 19.6 Å². The number of piperidine rings is 1. The normalized spacial score (nSPS) is 14.7. The molecule has 2 heterocycles. The Morgan fingerprint density at radius 3 is 2.41 bits per heavy atom. The Morgan fingerprint density at radius 1 is 1.07 bits per heavy atom. The Morgan fingerprint density at radius 2 is 1.74 bits per heavy atom. The maximum Gasteiger partial charge on any atom is 0.353 e. The summed E-state index contributed by atoms with van der Waals surface area (Å²) in [5.41, 5.74) is 2.10. The van der Waals surface area contributed by atoms with Crippen LogP contribution in [0.2, 0.25) is 0 Å². The van der Waals surface area contributed by atoms with Crippen molar-refractivity contribution >= 4 is 17.3 Å². The molecule has 1 aliphatic heterocycles. The van der Waals surface area contributed by atoms with Gasteiger partial charge in [-0.2, -0.15) is 0 Å². The summed E-state index contributed by atoms with van der Waals surface area (Å²) in [6.07, 6.45) is 5.09. The molecule has 1 saturated heterocycles. The van der Waals surface area contributed by atoms with Crippen molar-refractivity contribution in [1.29, 1.82) is 0 Å². The molecule has 27 heavy (non-hydrogen) atoms. The van der Waals surface area contributed by atoms with E-state index in [2.05, 4.69) is 25.5 Å². The molecule has 0 saturated carbocycles. The lowest BCUT2D eigenvalue weighted by molar-refractivity contribution is -0.383. The average molecular weight is 370 g/mol. The molecular formula is C19H26N6O2. The molecule has 1 aromatic heterocycles. The van der Waals surface area contributed by atoms with E-state index in [0.29, 0.717) is 13.1 Å². The molecular weight excluding hydrogens is 344 g/mol. The molecule has 0 spiro atoms. The first-order valence-corrected chi connectivity index (χ1v) is 9.38. The predicted octanol–water partition coefficient (Wildman–Crippen LogP) is 3.20. The zero-order valence-corrected chi connectivity index (χ0v) is 15.6. The molecule has 0 atom stereocenters. The van der Waals surface area contributed by atoms with Gasteiger partial charge in [0.2, 0.25) is 11.6 Å². The third-order valence-corrected chi connectivity index (χ3v) is 4.75. The van der Waals surface area contributed by atoms with Gasteiger partial charge in [0.05, 0.1) is 4.92 Å². The van der Waals surface area contributed by atoms with Crippen LogP contribution in [0.3, 0.4) is 0 Å². The van der Waals surface area contributed by atoms with Crippen molar-refractivity contribution in [2.45, 2.75) is 32.7 Å². The maximum atomic E-state index is 11.6. The molecule has 2 N–H and O–H groups in total. The SMILES string of the molecule is Cc1ccc(CNc2ncnc(NCCN3CCCCC3)c2[N+](=O)[O-])cc1. The molecule has 0 bridgehead atoms. The lowest BCUT2D eigenvalue weighted by Gasteiger charge is -2.26. The van der Waals surface area contributed by atoms with E-state index in [1.807, 2.05) is 31.2 Å². The van der Waals surface area contributed by atoms with E-state index in [-0.39, 0.29) is 17.3 Å². The summed E-state index contributed by atoms with van der Waals surface area (Å²) in [6.45, 7) is 6.15. The number of benzene rings is 1. The van der Waals surface area contributed by atoms with Gasteiger partial charge in [0.15, 0.2) is 0 Å². The number of aromatic nitrogens is 2. The fourth-order valence-corrected chi connectivity index (χ4v) is 3.22. The smallest absolute Gasteiger partial charge is 0.353 e. The molecule has 1 aliphatic rings. The number of nitrogens with one attached hydrogen (secondary N) is 2. The standard InChI is InChI=1S/C19H26N6O2/c1-15-5-7-16(8-6-15)13-21-19-17(25(26)27)18(22-14-23-19)20-9-12-24-10-3-2-4-11-24/h5-8,14H,2-4,9-13H2,1H3,(H2,20,21,22,23). The largest absolute Gasteiger partial charge is 0.363 e. The van der Waals surface area contributed by atoms with E-state index in [1.54, 1.807) is 0 Å². The van der Waals surface area contributed by atoms with E-state index >= 15 is 0 Å². The number of anilines is 2. The molecule has 2 aromatic rings. The molecule has 0 amide bonds. The van der Waals surface area contributed by atoms with Crippen LogP contribution >= 0.6 is 0 Å². The van der Waals surface area contributed by atoms with Gasteiger partial charge >= 0.3 is 5.69 Å².